The van der Waals surface area contributed by atoms with Crippen molar-refractivity contribution in [1.82, 2.24) is 0 Å². The second-order valence-corrected chi connectivity index (χ2v) is 5.68. The van der Waals surface area contributed by atoms with Crippen molar-refractivity contribution in [2.24, 2.45) is 11.7 Å². The summed E-state index contributed by atoms with van der Waals surface area (Å²) in [6.07, 6.45) is 0.981. The molecule has 0 aliphatic heterocycles. The van der Waals surface area contributed by atoms with Crippen LogP contribution in [0.25, 0.3) is 0 Å². The van der Waals surface area contributed by atoms with Gasteiger partial charge in [0.15, 0.2) is 0 Å². The highest BCUT2D eigenvalue weighted by molar-refractivity contribution is 5.43. The SMILES string of the molecule is COc1cccc(F)c1C(N)c1cccc(CC(C)C)c1. The molecule has 0 heterocycles. The number of ether oxygens (including phenoxy) is 1. The third-order valence-electron chi connectivity index (χ3n) is 3.50. The van der Waals surface area contributed by atoms with E-state index in [0.29, 0.717) is 17.2 Å². The number of nitrogens with two attached hydrogens (primary N) is 1. The maximum absolute atomic E-state index is 14.1. The molecule has 0 aliphatic rings. The minimum atomic E-state index is -0.534. The van der Waals surface area contributed by atoms with Crippen LogP contribution < -0.4 is 10.5 Å². The number of hydrogen-bond acceptors (Lipinski definition) is 2. The van der Waals surface area contributed by atoms with Gasteiger partial charge < -0.3 is 10.5 Å². The fraction of sp³-hybridized carbons (Fsp3) is 0.333. The summed E-state index contributed by atoms with van der Waals surface area (Å²) in [4.78, 5) is 0. The molecule has 2 aromatic rings. The molecule has 0 aromatic heterocycles. The zero-order valence-corrected chi connectivity index (χ0v) is 12.8. The molecule has 21 heavy (non-hydrogen) atoms. The van der Waals surface area contributed by atoms with Gasteiger partial charge in [0.25, 0.3) is 0 Å². The van der Waals surface area contributed by atoms with Crippen LogP contribution in [-0.4, -0.2) is 7.11 Å². The Kier molecular flexibility index (Phi) is 4.97. The lowest BCUT2D eigenvalue weighted by molar-refractivity contribution is 0.402. The van der Waals surface area contributed by atoms with E-state index in [0.717, 1.165) is 12.0 Å². The number of halogens is 1. The quantitative estimate of drug-likeness (QED) is 0.899. The first-order valence-corrected chi connectivity index (χ1v) is 7.19. The van der Waals surface area contributed by atoms with E-state index in [2.05, 4.69) is 26.0 Å². The minimum absolute atomic E-state index is 0.337. The summed E-state index contributed by atoms with van der Waals surface area (Å²) < 4.78 is 19.4. The Bertz CT molecular complexity index is 610. The van der Waals surface area contributed by atoms with Crippen LogP contribution in [0.15, 0.2) is 42.5 Å². The fourth-order valence-electron chi connectivity index (χ4n) is 2.55. The van der Waals surface area contributed by atoms with E-state index in [4.69, 9.17) is 10.5 Å². The van der Waals surface area contributed by atoms with E-state index in [-0.39, 0.29) is 5.82 Å². The van der Waals surface area contributed by atoms with Gasteiger partial charge in [-0.15, -0.1) is 0 Å². The van der Waals surface area contributed by atoms with E-state index in [1.54, 1.807) is 12.1 Å². The number of rotatable bonds is 5. The Morgan fingerprint density at radius 3 is 2.52 bits per heavy atom. The molecule has 0 amide bonds. The van der Waals surface area contributed by atoms with Gasteiger partial charge in [-0.3, -0.25) is 0 Å². The van der Waals surface area contributed by atoms with Crippen molar-refractivity contribution in [3.05, 3.63) is 65.0 Å². The van der Waals surface area contributed by atoms with Crippen molar-refractivity contribution in [3.8, 4) is 5.75 Å². The second kappa shape index (κ2) is 6.72. The number of methoxy groups -OCH3 is 1. The molecule has 0 saturated heterocycles. The normalized spacial score (nSPS) is 12.5. The molecule has 2 N–H and O–H groups in total. The zero-order valence-electron chi connectivity index (χ0n) is 12.8. The summed E-state index contributed by atoms with van der Waals surface area (Å²) >= 11 is 0. The summed E-state index contributed by atoms with van der Waals surface area (Å²) in [5, 5.41) is 0. The van der Waals surface area contributed by atoms with Crippen molar-refractivity contribution < 1.29 is 9.13 Å². The maximum Gasteiger partial charge on any atom is 0.132 e. The van der Waals surface area contributed by atoms with E-state index in [1.807, 2.05) is 12.1 Å². The lowest BCUT2D eigenvalue weighted by Gasteiger charge is -2.18. The van der Waals surface area contributed by atoms with Crippen LogP contribution >= 0.6 is 0 Å². The zero-order chi connectivity index (χ0) is 15.4. The Labute approximate surface area is 125 Å². The molecule has 2 rings (SSSR count). The molecular weight excluding hydrogens is 265 g/mol. The molecule has 1 atom stereocenters. The maximum atomic E-state index is 14.1. The van der Waals surface area contributed by atoms with Gasteiger partial charge in [0.1, 0.15) is 11.6 Å². The molecule has 1 unspecified atom stereocenters. The first kappa shape index (κ1) is 15.5. The van der Waals surface area contributed by atoms with Crippen molar-refractivity contribution in [1.29, 1.82) is 0 Å². The Balaban J connectivity index is 2.38. The van der Waals surface area contributed by atoms with Gasteiger partial charge in [-0.05, 0) is 35.6 Å². The third-order valence-corrected chi connectivity index (χ3v) is 3.50. The minimum Gasteiger partial charge on any atom is -0.496 e. The van der Waals surface area contributed by atoms with Crippen LogP contribution in [0.2, 0.25) is 0 Å². The summed E-state index contributed by atoms with van der Waals surface area (Å²) in [5.41, 5.74) is 8.79. The number of benzene rings is 2. The van der Waals surface area contributed by atoms with Gasteiger partial charge in [0.05, 0.1) is 18.7 Å². The van der Waals surface area contributed by atoms with Gasteiger partial charge in [0.2, 0.25) is 0 Å². The summed E-state index contributed by atoms with van der Waals surface area (Å²) in [7, 11) is 1.53. The molecule has 2 nitrogen and oxygen atoms in total. The highest BCUT2D eigenvalue weighted by Crippen LogP contribution is 2.31. The van der Waals surface area contributed by atoms with Gasteiger partial charge >= 0.3 is 0 Å². The molecule has 3 heteroatoms. The van der Waals surface area contributed by atoms with E-state index < -0.39 is 6.04 Å². The van der Waals surface area contributed by atoms with Crippen LogP contribution in [0, 0.1) is 11.7 Å². The Morgan fingerprint density at radius 1 is 1.14 bits per heavy atom. The molecule has 0 bridgehead atoms. The summed E-state index contributed by atoms with van der Waals surface area (Å²) in [6.45, 7) is 4.35. The highest BCUT2D eigenvalue weighted by atomic mass is 19.1. The smallest absolute Gasteiger partial charge is 0.132 e. The molecule has 112 valence electrons. The van der Waals surface area contributed by atoms with Gasteiger partial charge in [-0.1, -0.05) is 44.2 Å². The van der Waals surface area contributed by atoms with Crippen molar-refractivity contribution in [2.45, 2.75) is 26.3 Å². The first-order chi connectivity index (χ1) is 10.0. The molecule has 0 spiro atoms. The molecule has 2 aromatic carbocycles. The van der Waals surface area contributed by atoms with Crippen LogP contribution in [0.3, 0.4) is 0 Å². The van der Waals surface area contributed by atoms with Gasteiger partial charge in [0, 0.05) is 0 Å². The topological polar surface area (TPSA) is 35.2 Å². The summed E-state index contributed by atoms with van der Waals surface area (Å²) in [6, 6.07) is 12.3. The van der Waals surface area contributed by atoms with E-state index >= 15 is 0 Å². The summed E-state index contributed by atoms with van der Waals surface area (Å²) in [5.74, 6) is 0.715. The molecular formula is C18H22FNO. The van der Waals surface area contributed by atoms with E-state index in [9.17, 15) is 4.39 Å². The average molecular weight is 287 g/mol. The van der Waals surface area contributed by atoms with E-state index in [1.165, 1.54) is 18.7 Å². The molecule has 0 aliphatic carbocycles. The largest absolute Gasteiger partial charge is 0.496 e. The monoisotopic (exact) mass is 287 g/mol. The van der Waals surface area contributed by atoms with Gasteiger partial charge in [-0.2, -0.15) is 0 Å². The molecule has 0 radical (unpaired) electrons. The predicted octanol–water partition coefficient (Wildman–Crippen LogP) is 4.08. The standard InChI is InChI=1S/C18H22FNO/c1-12(2)10-13-6-4-7-14(11-13)18(20)17-15(19)8-5-9-16(17)21-3/h4-9,11-12,18H,10,20H2,1-3H3. The third kappa shape index (κ3) is 3.61. The lowest BCUT2D eigenvalue weighted by atomic mass is 9.94. The fourth-order valence-corrected chi connectivity index (χ4v) is 2.55. The van der Waals surface area contributed by atoms with Crippen molar-refractivity contribution in [2.75, 3.05) is 7.11 Å². The van der Waals surface area contributed by atoms with Crippen LogP contribution in [-0.2, 0) is 6.42 Å². The lowest BCUT2D eigenvalue weighted by Crippen LogP contribution is -2.15. The average Bonchev–Trinajstić information content (AvgIpc) is 2.45. The first-order valence-electron chi connectivity index (χ1n) is 7.19. The van der Waals surface area contributed by atoms with Crippen LogP contribution in [0.4, 0.5) is 4.39 Å². The van der Waals surface area contributed by atoms with Crippen molar-refractivity contribution >= 4 is 0 Å². The van der Waals surface area contributed by atoms with Crippen LogP contribution in [0.5, 0.6) is 5.75 Å². The number of hydrogen-bond donors (Lipinski definition) is 1. The Morgan fingerprint density at radius 2 is 1.86 bits per heavy atom. The van der Waals surface area contributed by atoms with Crippen molar-refractivity contribution in [3.63, 3.8) is 0 Å². The molecule has 0 fully saturated rings. The van der Waals surface area contributed by atoms with Crippen LogP contribution in [0.1, 0.15) is 36.6 Å². The predicted molar refractivity (Wildman–Crippen MR) is 84.0 cm³/mol. The Hall–Kier alpha value is -1.87. The molecule has 0 saturated carbocycles. The van der Waals surface area contributed by atoms with Gasteiger partial charge in [-0.25, -0.2) is 4.39 Å². The second-order valence-electron chi connectivity index (χ2n) is 5.68. The highest BCUT2D eigenvalue weighted by Gasteiger charge is 2.18.